The molecule has 0 bridgehead atoms. The summed E-state index contributed by atoms with van der Waals surface area (Å²) >= 11 is 0. The van der Waals surface area contributed by atoms with Crippen LogP contribution in [0.25, 0.3) is 6.08 Å². The normalized spacial score (nSPS) is 18.3. The number of nitrogens with zero attached hydrogens (tertiary/aromatic N) is 1. The molecular formula is C14H15N3O4. The fourth-order valence-corrected chi connectivity index (χ4v) is 1.98. The number of carbonyl (C=O) groups excluding carboxylic acids is 2. The monoisotopic (exact) mass is 289 g/mol. The number of benzene rings is 1. The van der Waals surface area contributed by atoms with Gasteiger partial charge in [0.25, 0.3) is 5.69 Å². The molecule has 0 saturated carbocycles. The van der Waals surface area contributed by atoms with Gasteiger partial charge in [-0.15, -0.1) is 0 Å². The Morgan fingerprint density at radius 1 is 1.38 bits per heavy atom. The number of nitro groups is 1. The van der Waals surface area contributed by atoms with Crippen LogP contribution in [0.15, 0.2) is 30.3 Å². The number of non-ortho nitro benzene ring substituents is 1. The van der Waals surface area contributed by atoms with Crippen LogP contribution in [0.5, 0.6) is 0 Å². The van der Waals surface area contributed by atoms with Crippen molar-refractivity contribution in [3.63, 3.8) is 0 Å². The van der Waals surface area contributed by atoms with E-state index in [9.17, 15) is 19.7 Å². The topological polar surface area (TPSA) is 101 Å². The zero-order chi connectivity index (χ0) is 15.2. The summed E-state index contributed by atoms with van der Waals surface area (Å²) in [4.78, 5) is 32.8. The first-order valence-corrected chi connectivity index (χ1v) is 6.54. The lowest BCUT2D eigenvalue weighted by Crippen LogP contribution is -2.47. The molecule has 110 valence electrons. The van der Waals surface area contributed by atoms with E-state index in [2.05, 4.69) is 10.6 Å². The largest absolute Gasteiger partial charge is 0.354 e. The van der Waals surface area contributed by atoms with Crippen LogP contribution >= 0.6 is 0 Å². The molecular weight excluding hydrogens is 274 g/mol. The smallest absolute Gasteiger partial charge is 0.269 e. The van der Waals surface area contributed by atoms with E-state index in [-0.39, 0.29) is 23.5 Å². The van der Waals surface area contributed by atoms with Crippen molar-refractivity contribution < 1.29 is 14.5 Å². The molecule has 2 N–H and O–H groups in total. The summed E-state index contributed by atoms with van der Waals surface area (Å²) in [5.74, 6) is -0.253. The third kappa shape index (κ3) is 4.41. The maximum atomic E-state index is 11.7. The zero-order valence-electron chi connectivity index (χ0n) is 11.2. The van der Waals surface area contributed by atoms with Gasteiger partial charge in [0.05, 0.1) is 4.92 Å². The van der Waals surface area contributed by atoms with Crippen molar-refractivity contribution in [1.29, 1.82) is 0 Å². The van der Waals surface area contributed by atoms with Gasteiger partial charge in [-0.2, -0.15) is 0 Å². The van der Waals surface area contributed by atoms with Crippen molar-refractivity contribution in [2.24, 2.45) is 0 Å². The van der Waals surface area contributed by atoms with E-state index in [0.717, 1.165) is 0 Å². The van der Waals surface area contributed by atoms with Crippen molar-refractivity contribution in [3.8, 4) is 0 Å². The van der Waals surface area contributed by atoms with E-state index in [4.69, 9.17) is 0 Å². The zero-order valence-corrected chi connectivity index (χ0v) is 11.2. The Morgan fingerprint density at radius 2 is 2.10 bits per heavy atom. The van der Waals surface area contributed by atoms with Gasteiger partial charge >= 0.3 is 0 Å². The van der Waals surface area contributed by atoms with Gasteiger partial charge in [-0.05, 0) is 30.2 Å². The molecule has 1 heterocycles. The summed E-state index contributed by atoms with van der Waals surface area (Å²) in [5.41, 5.74) is 0.710. The number of hydrogen-bond acceptors (Lipinski definition) is 4. The molecule has 1 unspecified atom stereocenters. The average molecular weight is 289 g/mol. The number of nitro benzene ring substituents is 1. The highest BCUT2D eigenvalue weighted by atomic mass is 16.6. The Bertz CT molecular complexity index is 570. The third-order valence-electron chi connectivity index (χ3n) is 3.14. The van der Waals surface area contributed by atoms with E-state index in [0.29, 0.717) is 24.9 Å². The molecule has 21 heavy (non-hydrogen) atoms. The van der Waals surface area contributed by atoms with Gasteiger partial charge in [0.1, 0.15) is 0 Å². The Balaban J connectivity index is 1.86. The van der Waals surface area contributed by atoms with Crippen LogP contribution in [0.3, 0.4) is 0 Å². The fourth-order valence-electron chi connectivity index (χ4n) is 1.98. The molecule has 0 radical (unpaired) electrons. The molecule has 1 aromatic rings. The van der Waals surface area contributed by atoms with Gasteiger partial charge in [-0.1, -0.05) is 0 Å². The first-order chi connectivity index (χ1) is 10.0. The number of nitrogens with one attached hydrogen (secondary N) is 2. The molecule has 2 rings (SSSR count). The van der Waals surface area contributed by atoms with Gasteiger partial charge in [-0.25, -0.2) is 0 Å². The van der Waals surface area contributed by atoms with E-state index in [1.165, 1.54) is 18.2 Å². The number of carbonyl (C=O) groups is 2. The maximum absolute atomic E-state index is 11.7. The second-order valence-corrected chi connectivity index (χ2v) is 4.73. The number of hydrogen-bond donors (Lipinski definition) is 2. The molecule has 1 atom stereocenters. The number of piperidine rings is 1. The molecule has 0 spiro atoms. The minimum atomic E-state index is -0.475. The number of amides is 2. The average Bonchev–Trinajstić information content (AvgIpc) is 2.48. The third-order valence-corrected chi connectivity index (χ3v) is 3.14. The molecule has 1 aliphatic heterocycles. The first kappa shape index (κ1) is 14.7. The summed E-state index contributed by atoms with van der Waals surface area (Å²) in [6, 6.07) is 5.85. The van der Waals surface area contributed by atoms with Crippen LogP contribution < -0.4 is 10.6 Å². The van der Waals surface area contributed by atoms with Crippen molar-refractivity contribution in [2.45, 2.75) is 18.9 Å². The van der Waals surface area contributed by atoms with Crippen molar-refractivity contribution >= 4 is 23.6 Å². The van der Waals surface area contributed by atoms with Crippen LogP contribution in [0.4, 0.5) is 5.69 Å². The Labute approximate surface area is 121 Å². The summed E-state index contributed by atoms with van der Waals surface area (Å²) in [7, 11) is 0. The first-order valence-electron chi connectivity index (χ1n) is 6.54. The van der Waals surface area contributed by atoms with Crippen molar-refractivity contribution in [2.75, 3.05) is 6.54 Å². The molecule has 0 aromatic heterocycles. The van der Waals surface area contributed by atoms with E-state index >= 15 is 0 Å². The summed E-state index contributed by atoms with van der Waals surface area (Å²) in [6.45, 7) is 0.440. The number of rotatable bonds is 4. The fraction of sp³-hybridized carbons (Fsp3) is 0.286. The Morgan fingerprint density at radius 3 is 2.67 bits per heavy atom. The van der Waals surface area contributed by atoms with Gasteiger partial charge < -0.3 is 10.6 Å². The maximum Gasteiger partial charge on any atom is 0.269 e. The van der Waals surface area contributed by atoms with Crippen LogP contribution in [0, 0.1) is 10.1 Å². The molecule has 7 nitrogen and oxygen atoms in total. The van der Waals surface area contributed by atoms with E-state index in [1.807, 2.05) is 0 Å². The van der Waals surface area contributed by atoms with Crippen LogP contribution in [0.1, 0.15) is 18.4 Å². The highest BCUT2D eigenvalue weighted by molar-refractivity contribution is 5.92. The molecule has 1 saturated heterocycles. The molecule has 1 aliphatic rings. The van der Waals surface area contributed by atoms with Gasteiger partial charge in [0.15, 0.2) is 0 Å². The molecule has 7 heteroatoms. The minimum absolute atomic E-state index is 0.00178. The molecule has 1 fully saturated rings. The highest BCUT2D eigenvalue weighted by Gasteiger charge is 2.18. The molecule has 2 amide bonds. The predicted octanol–water partition coefficient (Wildman–Crippen LogP) is 1.00. The predicted molar refractivity (Wildman–Crippen MR) is 76.3 cm³/mol. The standard InChI is InChI=1S/C14H15N3O4/c18-13-8-4-11(9-15-13)16-14(19)7-3-10-1-5-12(6-2-10)17(20)21/h1-3,5-7,11H,4,8-9H2,(H,15,18)(H,16,19). The second-order valence-electron chi connectivity index (χ2n) is 4.73. The molecule has 1 aromatic carbocycles. The van der Waals surface area contributed by atoms with Crippen LogP contribution in [0.2, 0.25) is 0 Å². The van der Waals surface area contributed by atoms with Crippen LogP contribution in [-0.4, -0.2) is 29.3 Å². The van der Waals surface area contributed by atoms with Gasteiger partial charge in [0, 0.05) is 37.2 Å². The lowest BCUT2D eigenvalue weighted by molar-refractivity contribution is -0.384. The minimum Gasteiger partial charge on any atom is -0.354 e. The Kier molecular flexibility index (Phi) is 4.65. The lowest BCUT2D eigenvalue weighted by atomic mass is 10.1. The van der Waals surface area contributed by atoms with E-state index in [1.54, 1.807) is 18.2 Å². The van der Waals surface area contributed by atoms with Gasteiger partial charge in [0.2, 0.25) is 11.8 Å². The van der Waals surface area contributed by atoms with Crippen LogP contribution in [-0.2, 0) is 9.59 Å². The van der Waals surface area contributed by atoms with Crippen molar-refractivity contribution in [1.82, 2.24) is 10.6 Å². The quantitative estimate of drug-likeness (QED) is 0.490. The lowest BCUT2D eigenvalue weighted by Gasteiger charge is -2.22. The van der Waals surface area contributed by atoms with Crippen molar-refractivity contribution in [3.05, 3.63) is 46.0 Å². The summed E-state index contributed by atoms with van der Waals surface area (Å²) < 4.78 is 0. The molecule has 0 aliphatic carbocycles. The second kappa shape index (κ2) is 6.65. The summed E-state index contributed by atoms with van der Waals surface area (Å²) in [6.07, 6.45) is 4.00. The SMILES string of the molecule is O=C(C=Cc1ccc([N+](=O)[O-])cc1)NC1CCC(=O)NC1. The highest BCUT2D eigenvalue weighted by Crippen LogP contribution is 2.12. The summed E-state index contributed by atoms with van der Waals surface area (Å²) in [5, 5.41) is 16.0. The van der Waals surface area contributed by atoms with E-state index < -0.39 is 4.92 Å². The van der Waals surface area contributed by atoms with Gasteiger partial charge in [-0.3, -0.25) is 19.7 Å². The Hall–Kier alpha value is -2.70.